The van der Waals surface area contributed by atoms with Crippen molar-refractivity contribution in [2.75, 3.05) is 32.1 Å². The van der Waals surface area contributed by atoms with Gasteiger partial charge in [-0.2, -0.15) is 9.40 Å². The Bertz CT molecular complexity index is 393. The summed E-state index contributed by atoms with van der Waals surface area (Å²) >= 11 is 3.22. The lowest BCUT2D eigenvalue weighted by atomic mass is 10.6. The number of alkyl halides is 1. The lowest BCUT2D eigenvalue weighted by Crippen LogP contribution is -2.35. The van der Waals surface area contributed by atoms with Gasteiger partial charge in [-0.25, -0.2) is 8.42 Å². The van der Waals surface area contributed by atoms with Crippen molar-refractivity contribution < 1.29 is 13.2 Å². The third-order valence-electron chi connectivity index (χ3n) is 1.97. The largest absolute Gasteiger partial charge is 0.383 e. The van der Waals surface area contributed by atoms with E-state index in [1.54, 1.807) is 0 Å². The normalized spacial score (nSPS) is 12.2. The van der Waals surface area contributed by atoms with Crippen molar-refractivity contribution in [1.82, 2.24) is 14.5 Å². The lowest BCUT2D eigenvalue weighted by Gasteiger charge is -2.19. The van der Waals surface area contributed by atoms with E-state index in [1.807, 2.05) is 0 Å². The van der Waals surface area contributed by atoms with Crippen molar-refractivity contribution in [3.63, 3.8) is 0 Å². The highest BCUT2D eigenvalue weighted by molar-refractivity contribution is 9.09. The van der Waals surface area contributed by atoms with Crippen molar-refractivity contribution in [1.29, 1.82) is 0 Å². The van der Waals surface area contributed by atoms with Gasteiger partial charge in [-0.05, 0) is 6.07 Å². The molecule has 0 spiro atoms. The van der Waals surface area contributed by atoms with Gasteiger partial charge >= 0.3 is 0 Å². The average Bonchev–Trinajstić information content (AvgIpc) is 2.77. The van der Waals surface area contributed by atoms with Crippen LogP contribution in [0.25, 0.3) is 0 Å². The first kappa shape index (κ1) is 13.6. The summed E-state index contributed by atoms with van der Waals surface area (Å²) in [4.78, 5) is 0. The second-order valence-corrected chi connectivity index (χ2v) is 5.71. The number of ether oxygens (including phenoxy) is 1. The van der Waals surface area contributed by atoms with Gasteiger partial charge in [-0.15, -0.1) is 0 Å². The molecule has 0 saturated heterocycles. The van der Waals surface area contributed by atoms with E-state index in [0.717, 1.165) is 0 Å². The molecule has 0 aliphatic heterocycles. The molecule has 0 aliphatic carbocycles. The molecule has 1 rings (SSSR count). The predicted octanol–water partition coefficient (Wildman–Crippen LogP) is 0.442. The molecule has 8 heteroatoms. The summed E-state index contributed by atoms with van der Waals surface area (Å²) in [6.45, 7) is 1.08. The monoisotopic (exact) mass is 311 g/mol. The first-order valence-electron chi connectivity index (χ1n) is 4.67. The van der Waals surface area contributed by atoms with Gasteiger partial charge in [-0.1, -0.05) is 15.9 Å². The zero-order valence-electron chi connectivity index (χ0n) is 8.89. The van der Waals surface area contributed by atoms with Gasteiger partial charge in [0.15, 0.2) is 5.03 Å². The van der Waals surface area contributed by atoms with E-state index in [2.05, 4.69) is 26.1 Å². The zero-order valence-corrected chi connectivity index (χ0v) is 11.3. The maximum absolute atomic E-state index is 12.1. The van der Waals surface area contributed by atoms with E-state index in [0.29, 0.717) is 25.0 Å². The molecule has 16 heavy (non-hydrogen) atoms. The topological polar surface area (TPSA) is 75.3 Å². The maximum atomic E-state index is 12.1. The van der Waals surface area contributed by atoms with Crippen LogP contribution in [0.4, 0.5) is 0 Å². The Hall–Kier alpha value is -0.440. The molecular weight excluding hydrogens is 298 g/mol. The van der Waals surface area contributed by atoms with Gasteiger partial charge in [0.05, 0.1) is 12.8 Å². The number of halogens is 1. The minimum absolute atomic E-state index is 0.101. The molecule has 0 saturated carbocycles. The molecule has 1 aromatic heterocycles. The molecule has 92 valence electrons. The summed E-state index contributed by atoms with van der Waals surface area (Å²) < 4.78 is 30.4. The second-order valence-electron chi connectivity index (χ2n) is 3.01. The molecule has 0 bridgehead atoms. The number of H-pyrrole nitrogens is 1. The van der Waals surface area contributed by atoms with E-state index < -0.39 is 10.0 Å². The molecular formula is C8H14BrN3O3S. The van der Waals surface area contributed by atoms with Crippen molar-refractivity contribution in [3.8, 4) is 0 Å². The Labute approximate surface area is 103 Å². The molecule has 1 aromatic rings. The summed E-state index contributed by atoms with van der Waals surface area (Å²) in [5, 5.41) is 6.77. The van der Waals surface area contributed by atoms with Crippen LogP contribution in [0.5, 0.6) is 0 Å². The van der Waals surface area contributed by atoms with Crippen molar-refractivity contribution in [2.45, 2.75) is 5.03 Å². The quantitative estimate of drug-likeness (QED) is 0.742. The van der Waals surface area contributed by atoms with Crippen LogP contribution in [0, 0.1) is 0 Å². The molecule has 0 aromatic carbocycles. The fraction of sp³-hybridized carbons (Fsp3) is 0.625. The van der Waals surface area contributed by atoms with Crippen LogP contribution >= 0.6 is 15.9 Å². The Balaban J connectivity index is 2.84. The summed E-state index contributed by atoms with van der Waals surface area (Å²) in [5.74, 6) is 0. The highest BCUT2D eigenvalue weighted by Crippen LogP contribution is 2.12. The summed E-state index contributed by atoms with van der Waals surface area (Å²) in [6.07, 6.45) is 1.41. The molecule has 6 nitrogen and oxygen atoms in total. The summed E-state index contributed by atoms with van der Waals surface area (Å²) in [5.41, 5.74) is 0. The SMILES string of the molecule is COCCN(CCBr)S(=O)(=O)c1ccn[nH]1. The Morgan fingerprint density at radius 3 is 2.81 bits per heavy atom. The van der Waals surface area contributed by atoms with Gasteiger partial charge < -0.3 is 4.74 Å². The number of nitrogens with one attached hydrogen (secondary N) is 1. The minimum Gasteiger partial charge on any atom is -0.383 e. The van der Waals surface area contributed by atoms with E-state index >= 15 is 0 Å². The first-order valence-corrected chi connectivity index (χ1v) is 7.23. The standard InChI is InChI=1S/C8H14BrN3O3S/c1-15-7-6-12(5-3-9)16(13,14)8-2-4-10-11-8/h2,4H,3,5-7H2,1H3,(H,10,11). The van der Waals surface area contributed by atoms with E-state index in [1.165, 1.54) is 23.7 Å². The van der Waals surface area contributed by atoms with Crippen molar-refractivity contribution in [2.24, 2.45) is 0 Å². The van der Waals surface area contributed by atoms with Gasteiger partial charge in [0, 0.05) is 25.5 Å². The molecule has 1 N–H and O–H groups in total. The van der Waals surface area contributed by atoms with Crippen LogP contribution in [0.3, 0.4) is 0 Å². The number of methoxy groups -OCH3 is 1. The molecule has 0 fully saturated rings. The first-order chi connectivity index (χ1) is 7.62. The van der Waals surface area contributed by atoms with Crippen molar-refractivity contribution >= 4 is 26.0 Å². The number of nitrogens with zero attached hydrogens (tertiary/aromatic N) is 2. The average molecular weight is 312 g/mol. The fourth-order valence-electron chi connectivity index (χ4n) is 1.17. The number of rotatable bonds is 7. The molecule has 0 radical (unpaired) electrons. The van der Waals surface area contributed by atoms with Gasteiger partial charge in [0.1, 0.15) is 0 Å². The minimum atomic E-state index is -3.49. The zero-order chi connectivity index (χ0) is 12.0. The Morgan fingerprint density at radius 1 is 1.56 bits per heavy atom. The highest BCUT2D eigenvalue weighted by atomic mass is 79.9. The predicted molar refractivity (Wildman–Crippen MR) is 63.0 cm³/mol. The maximum Gasteiger partial charge on any atom is 0.260 e. The number of aromatic nitrogens is 2. The Kier molecular flexibility index (Phi) is 5.39. The third kappa shape index (κ3) is 3.27. The fourth-order valence-corrected chi connectivity index (χ4v) is 3.15. The van der Waals surface area contributed by atoms with Gasteiger partial charge in [-0.3, -0.25) is 5.10 Å². The Morgan fingerprint density at radius 2 is 2.31 bits per heavy atom. The van der Waals surface area contributed by atoms with Crippen LogP contribution in [0.2, 0.25) is 0 Å². The smallest absolute Gasteiger partial charge is 0.260 e. The third-order valence-corrected chi connectivity index (χ3v) is 4.15. The van der Waals surface area contributed by atoms with Crippen LogP contribution in [-0.2, 0) is 14.8 Å². The summed E-state index contributed by atoms with van der Waals surface area (Å²) in [7, 11) is -1.95. The van der Waals surface area contributed by atoms with E-state index in [4.69, 9.17) is 4.74 Å². The molecule has 0 amide bonds. The molecule has 0 unspecified atom stereocenters. The van der Waals surface area contributed by atoms with Crippen LogP contribution < -0.4 is 0 Å². The molecule has 0 atom stereocenters. The molecule has 1 heterocycles. The number of aromatic amines is 1. The van der Waals surface area contributed by atoms with E-state index in [9.17, 15) is 8.42 Å². The number of hydrogen-bond acceptors (Lipinski definition) is 4. The number of sulfonamides is 1. The molecule has 0 aliphatic rings. The van der Waals surface area contributed by atoms with Crippen molar-refractivity contribution in [3.05, 3.63) is 12.3 Å². The lowest BCUT2D eigenvalue weighted by molar-refractivity contribution is 0.180. The number of hydrogen-bond donors (Lipinski definition) is 1. The van der Waals surface area contributed by atoms with Crippen LogP contribution in [0.1, 0.15) is 0 Å². The van der Waals surface area contributed by atoms with Gasteiger partial charge in [0.25, 0.3) is 10.0 Å². The highest BCUT2D eigenvalue weighted by Gasteiger charge is 2.24. The summed E-state index contributed by atoms with van der Waals surface area (Å²) in [6, 6.07) is 1.43. The van der Waals surface area contributed by atoms with Crippen LogP contribution in [-0.4, -0.2) is 55.1 Å². The van der Waals surface area contributed by atoms with Gasteiger partial charge in [0.2, 0.25) is 0 Å². The second kappa shape index (κ2) is 6.33. The van der Waals surface area contributed by atoms with E-state index in [-0.39, 0.29) is 5.03 Å². The van der Waals surface area contributed by atoms with Crippen LogP contribution in [0.15, 0.2) is 17.3 Å².